The first-order chi connectivity index (χ1) is 8.58. The van der Waals surface area contributed by atoms with Crippen molar-refractivity contribution in [2.45, 2.75) is 26.4 Å². The Morgan fingerprint density at radius 1 is 1.44 bits per heavy atom. The highest BCUT2D eigenvalue weighted by molar-refractivity contribution is 5.25. The summed E-state index contributed by atoms with van der Waals surface area (Å²) in [5.41, 5.74) is 1.60. The Morgan fingerprint density at radius 3 is 2.83 bits per heavy atom. The van der Waals surface area contributed by atoms with Gasteiger partial charge in [-0.2, -0.15) is 0 Å². The van der Waals surface area contributed by atoms with Crippen LogP contribution in [0.25, 0.3) is 0 Å². The Kier molecular flexibility index (Phi) is 3.72. The molecule has 0 spiro atoms. The normalized spacial score (nSPS) is 12.7. The summed E-state index contributed by atoms with van der Waals surface area (Å²) in [6.07, 6.45) is 1.66. The van der Waals surface area contributed by atoms with Crippen LogP contribution >= 0.6 is 0 Å². The average molecular weight is 248 g/mol. The van der Waals surface area contributed by atoms with E-state index in [1.807, 2.05) is 24.6 Å². The number of hydrogen-bond acceptors (Lipinski definition) is 3. The first-order valence-electron chi connectivity index (χ1n) is 5.90. The van der Waals surface area contributed by atoms with E-state index in [-0.39, 0.29) is 11.9 Å². The molecule has 2 aromatic rings. The van der Waals surface area contributed by atoms with Crippen LogP contribution in [0.4, 0.5) is 4.39 Å². The Bertz CT molecular complexity index is 536. The number of rotatable bonds is 4. The highest BCUT2D eigenvalue weighted by atomic mass is 19.1. The summed E-state index contributed by atoms with van der Waals surface area (Å²) in [6, 6.07) is 5.37. The van der Waals surface area contributed by atoms with Gasteiger partial charge in [-0.05, 0) is 31.0 Å². The molecule has 96 valence electrons. The van der Waals surface area contributed by atoms with Crippen molar-refractivity contribution in [3.8, 4) is 0 Å². The van der Waals surface area contributed by atoms with Gasteiger partial charge in [0.15, 0.2) is 0 Å². The molecule has 0 saturated heterocycles. The number of nitrogens with zero attached hydrogens (tertiary/aromatic N) is 3. The van der Waals surface area contributed by atoms with Crippen LogP contribution in [-0.2, 0) is 13.6 Å². The summed E-state index contributed by atoms with van der Waals surface area (Å²) in [5.74, 6) is 0.689. The molecule has 0 fully saturated rings. The van der Waals surface area contributed by atoms with Crippen LogP contribution in [0.15, 0.2) is 24.5 Å². The molecule has 0 saturated carbocycles. The molecule has 0 radical (unpaired) electrons. The van der Waals surface area contributed by atoms with Gasteiger partial charge in [0.25, 0.3) is 0 Å². The number of benzene rings is 1. The van der Waals surface area contributed by atoms with Crippen LogP contribution in [0.1, 0.15) is 29.9 Å². The van der Waals surface area contributed by atoms with Gasteiger partial charge in [-0.15, -0.1) is 10.2 Å². The van der Waals surface area contributed by atoms with Crippen molar-refractivity contribution in [2.75, 3.05) is 0 Å². The minimum Gasteiger partial charge on any atom is -0.320 e. The fourth-order valence-corrected chi connectivity index (χ4v) is 1.71. The van der Waals surface area contributed by atoms with E-state index in [1.54, 1.807) is 25.4 Å². The molecule has 1 aromatic heterocycles. The van der Waals surface area contributed by atoms with Gasteiger partial charge in [0.05, 0.1) is 6.54 Å². The summed E-state index contributed by atoms with van der Waals surface area (Å²) in [4.78, 5) is 0. The average Bonchev–Trinajstić information content (AvgIpc) is 2.75. The first kappa shape index (κ1) is 12.7. The van der Waals surface area contributed by atoms with Crippen molar-refractivity contribution in [3.63, 3.8) is 0 Å². The molecule has 4 nitrogen and oxygen atoms in total. The summed E-state index contributed by atoms with van der Waals surface area (Å²) in [6.45, 7) is 4.37. The van der Waals surface area contributed by atoms with Crippen molar-refractivity contribution in [2.24, 2.45) is 7.05 Å². The topological polar surface area (TPSA) is 42.7 Å². The smallest absolute Gasteiger partial charge is 0.146 e. The van der Waals surface area contributed by atoms with Crippen LogP contribution < -0.4 is 5.32 Å². The van der Waals surface area contributed by atoms with E-state index in [4.69, 9.17) is 0 Å². The van der Waals surface area contributed by atoms with E-state index < -0.39 is 0 Å². The van der Waals surface area contributed by atoms with Gasteiger partial charge in [0.2, 0.25) is 0 Å². The molecule has 1 unspecified atom stereocenters. The zero-order valence-corrected chi connectivity index (χ0v) is 10.8. The molecule has 0 aliphatic carbocycles. The molecule has 0 bridgehead atoms. The molecule has 1 aromatic carbocycles. The Hall–Kier alpha value is -1.75. The lowest BCUT2D eigenvalue weighted by Gasteiger charge is -2.14. The van der Waals surface area contributed by atoms with Crippen molar-refractivity contribution in [3.05, 3.63) is 47.3 Å². The van der Waals surface area contributed by atoms with Crippen LogP contribution in [0, 0.1) is 12.7 Å². The molecule has 1 heterocycles. The van der Waals surface area contributed by atoms with E-state index in [9.17, 15) is 4.39 Å². The Balaban J connectivity index is 2.01. The third-order valence-corrected chi connectivity index (χ3v) is 3.07. The van der Waals surface area contributed by atoms with E-state index >= 15 is 0 Å². The predicted octanol–water partition coefficient (Wildman–Crippen LogP) is 2.11. The molecule has 2 rings (SSSR count). The fraction of sp³-hybridized carbons (Fsp3) is 0.385. The van der Waals surface area contributed by atoms with Crippen molar-refractivity contribution in [1.82, 2.24) is 20.1 Å². The second-order valence-electron chi connectivity index (χ2n) is 4.47. The monoisotopic (exact) mass is 248 g/mol. The zero-order valence-electron chi connectivity index (χ0n) is 10.8. The lowest BCUT2D eigenvalue weighted by molar-refractivity contribution is 0.541. The van der Waals surface area contributed by atoms with Gasteiger partial charge in [-0.25, -0.2) is 4.39 Å². The van der Waals surface area contributed by atoms with Crippen molar-refractivity contribution >= 4 is 0 Å². The fourth-order valence-electron chi connectivity index (χ4n) is 1.71. The number of hydrogen-bond donors (Lipinski definition) is 1. The zero-order chi connectivity index (χ0) is 13.1. The molecule has 0 aliphatic heterocycles. The number of halogens is 1. The minimum atomic E-state index is -0.167. The van der Waals surface area contributed by atoms with Crippen LogP contribution in [0.5, 0.6) is 0 Å². The first-order valence-corrected chi connectivity index (χ1v) is 5.90. The molecule has 5 heteroatoms. The van der Waals surface area contributed by atoms with Crippen molar-refractivity contribution in [1.29, 1.82) is 0 Å². The SMILES string of the molecule is Cc1ccc(C(C)NCc2nncn2C)cc1F. The van der Waals surface area contributed by atoms with Crippen molar-refractivity contribution < 1.29 is 4.39 Å². The third-order valence-electron chi connectivity index (χ3n) is 3.07. The molecule has 0 amide bonds. The highest BCUT2D eigenvalue weighted by Gasteiger charge is 2.08. The number of aryl methyl sites for hydroxylation is 2. The lowest BCUT2D eigenvalue weighted by atomic mass is 10.1. The molecule has 18 heavy (non-hydrogen) atoms. The molecule has 1 N–H and O–H groups in total. The van der Waals surface area contributed by atoms with Gasteiger partial charge in [0.1, 0.15) is 18.0 Å². The van der Waals surface area contributed by atoms with E-state index in [2.05, 4.69) is 15.5 Å². The molecule has 1 atom stereocenters. The van der Waals surface area contributed by atoms with Gasteiger partial charge in [-0.3, -0.25) is 0 Å². The van der Waals surface area contributed by atoms with Gasteiger partial charge < -0.3 is 9.88 Å². The quantitative estimate of drug-likeness (QED) is 0.901. The van der Waals surface area contributed by atoms with E-state index in [0.29, 0.717) is 12.1 Å². The maximum atomic E-state index is 13.5. The van der Waals surface area contributed by atoms with Crippen LogP contribution in [0.3, 0.4) is 0 Å². The second-order valence-corrected chi connectivity index (χ2v) is 4.47. The van der Waals surface area contributed by atoms with E-state index in [1.165, 1.54) is 0 Å². The largest absolute Gasteiger partial charge is 0.320 e. The van der Waals surface area contributed by atoms with Crippen LogP contribution in [0.2, 0.25) is 0 Å². The predicted molar refractivity (Wildman–Crippen MR) is 67.4 cm³/mol. The summed E-state index contributed by atoms with van der Waals surface area (Å²) in [5, 5.41) is 11.1. The lowest BCUT2D eigenvalue weighted by Crippen LogP contribution is -2.20. The van der Waals surface area contributed by atoms with Gasteiger partial charge >= 0.3 is 0 Å². The number of nitrogens with one attached hydrogen (secondary N) is 1. The minimum absolute atomic E-state index is 0.0665. The molecular formula is C13H17FN4. The van der Waals surface area contributed by atoms with Crippen LogP contribution in [-0.4, -0.2) is 14.8 Å². The summed E-state index contributed by atoms with van der Waals surface area (Å²) >= 11 is 0. The molecular weight excluding hydrogens is 231 g/mol. The van der Waals surface area contributed by atoms with E-state index in [0.717, 1.165) is 11.4 Å². The Morgan fingerprint density at radius 2 is 2.22 bits per heavy atom. The van der Waals surface area contributed by atoms with Gasteiger partial charge in [0, 0.05) is 13.1 Å². The third kappa shape index (κ3) is 2.73. The van der Waals surface area contributed by atoms with Gasteiger partial charge in [-0.1, -0.05) is 12.1 Å². The summed E-state index contributed by atoms with van der Waals surface area (Å²) in [7, 11) is 1.90. The number of aromatic nitrogens is 3. The highest BCUT2D eigenvalue weighted by Crippen LogP contribution is 2.16. The second kappa shape index (κ2) is 5.27. The maximum absolute atomic E-state index is 13.5. The summed E-state index contributed by atoms with van der Waals surface area (Å²) < 4.78 is 15.3. The standard InChI is InChI=1S/C13H17FN4/c1-9-4-5-11(6-12(9)14)10(2)15-7-13-17-16-8-18(13)3/h4-6,8,10,15H,7H2,1-3H3. The molecule has 0 aliphatic rings. The Labute approximate surface area is 106 Å². The maximum Gasteiger partial charge on any atom is 0.146 e.